The zero-order chi connectivity index (χ0) is 14.4. The fourth-order valence-electron chi connectivity index (χ4n) is 3.78. The van der Waals surface area contributed by atoms with Gasteiger partial charge in [0.2, 0.25) is 0 Å². The summed E-state index contributed by atoms with van der Waals surface area (Å²) in [5.41, 5.74) is 0. The van der Waals surface area contributed by atoms with Gasteiger partial charge in [0.25, 0.3) is 0 Å². The Balaban J connectivity index is 1.78. The number of carbonyl (C=O) groups excluding carboxylic acids is 2. The molecule has 2 aliphatic carbocycles. The summed E-state index contributed by atoms with van der Waals surface area (Å²) in [6.07, 6.45) is 13.1. The van der Waals surface area contributed by atoms with Crippen molar-refractivity contribution < 1.29 is 9.59 Å². The van der Waals surface area contributed by atoms with Crippen molar-refractivity contribution >= 4 is 11.6 Å². The van der Waals surface area contributed by atoms with Gasteiger partial charge in [0.1, 0.15) is 0 Å². The molecule has 2 nitrogen and oxygen atoms in total. The average Bonchev–Trinajstić information content (AvgIpc) is 3.19. The largest absolute Gasteiger partial charge is 0.291 e. The van der Waals surface area contributed by atoms with E-state index in [0.29, 0.717) is 12.8 Å². The normalized spacial score (nSPS) is 34.5. The van der Waals surface area contributed by atoms with Crippen molar-refractivity contribution in [2.75, 3.05) is 0 Å². The van der Waals surface area contributed by atoms with Crippen LogP contribution in [-0.4, -0.2) is 11.6 Å². The molecule has 0 saturated heterocycles. The van der Waals surface area contributed by atoms with Gasteiger partial charge in [-0.3, -0.25) is 9.59 Å². The summed E-state index contributed by atoms with van der Waals surface area (Å²) in [7, 11) is 0. The summed E-state index contributed by atoms with van der Waals surface area (Å²) in [6.45, 7) is 2.41. The van der Waals surface area contributed by atoms with Gasteiger partial charge < -0.3 is 0 Å². The van der Waals surface area contributed by atoms with Crippen LogP contribution in [0.5, 0.6) is 0 Å². The third kappa shape index (κ3) is 5.03. The van der Waals surface area contributed by atoms with Crippen LogP contribution in [0.4, 0.5) is 0 Å². The number of rotatable bonds is 0. The van der Waals surface area contributed by atoms with E-state index in [1.807, 2.05) is 0 Å². The highest BCUT2D eigenvalue weighted by Crippen LogP contribution is 2.48. The minimum absolute atomic E-state index is 0.109. The lowest BCUT2D eigenvalue weighted by Gasteiger charge is -2.11. The smallest absolute Gasteiger partial charge is 0.198 e. The molecule has 0 aliphatic heterocycles. The zero-order valence-electron chi connectivity index (χ0n) is 13.0. The summed E-state index contributed by atoms with van der Waals surface area (Å²) in [6, 6.07) is 0. The topological polar surface area (TPSA) is 34.1 Å². The molecule has 3 atom stereocenters. The first kappa shape index (κ1) is 15.7. The van der Waals surface area contributed by atoms with E-state index in [0.717, 1.165) is 43.4 Å². The number of hydrogen-bond acceptors (Lipinski definition) is 2. The van der Waals surface area contributed by atoms with Crippen molar-refractivity contribution in [3.8, 4) is 0 Å². The molecule has 2 fully saturated rings. The Morgan fingerprint density at radius 3 is 2.10 bits per heavy atom. The molecule has 3 unspecified atom stereocenters. The van der Waals surface area contributed by atoms with Crippen LogP contribution in [0.2, 0.25) is 0 Å². The zero-order valence-corrected chi connectivity index (χ0v) is 13.0. The number of carbonyl (C=O) groups is 2. The summed E-state index contributed by atoms with van der Waals surface area (Å²) in [5.74, 6) is 2.40. The van der Waals surface area contributed by atoms with Crippen molar-refractivity contribution in [2.24, 2.45) is 17.8 Å². The highest BCUT2D eigenvalue weighted by atomic mass is 16.2. The Morgan fingerprint density at radius 2 is 1.35 bits per heavy atom. The van der Waals surface area contributed by atoms with Crippen LogP contribution >= 0.6 is 0 Å². The Hall–Kier alpha value is -0.660. The van der Waals surface area contributed by atoms with Crippen LogP contribution in [0.15, 0.2) is 0 Å². The highest BCUT2D eigenvalue weighted by molar-refractivity contribution is 6.37. The standard InChI is InChI=1S/C18H30O2/c1-14-9-6-4-2-3-5-7-11-17(19)18(20)12-8-10-15-13-16(14)15/h14-16H,2-13H2,1H3. The van der Waals surface area contributed by atoms with E-state index in [4.69, 9.17) is 0 Å². The lowest BCUT2D eigenvalue weighted by molar-refractivity contribution is -0.136. The molecular formula is C18H30O2. The van der Waals surface area contributed by atoms with Crippen LogP contribution in [-0.2, 0) is 9.59 Å². The molecule has 0 aromatic rings. The summed E-state index contributed by atoms with van der Waals surface area (Å²) in [4.78, 5) is 23.4. The van der Waals surface area contributed by atoms with Gasteiger partial charge in [0, 0.05) is 12.8 Å². The molecule has 0 spiro atoms. The predicted octanol–water partition coefficient (Wildman–Crippen LogP) is 4.70. The van der Waals surface area contributed by atoms with Gasteiger partial charge in [-0.25, -0.2) is 0 Å². The van der Waals surface area contributed by atoms with E-state index < -0.39 is 0 Å². The minimum Gasteiger partial charge on any atom is -0.291 e. The third-order valence-electron chi connectivity index (χ3n) is 5.31. The Kier molecular flexibility index (Phi) is 6.25. The van der Waals surface area contributed by atoms with Crippen molar-refractivity contribution in [1.82, 2.24) is 0 Å². The molecule has 2 heteroatoms. The molecule has 2 rings (SSSR count). The Labute approximate surface area is 123 Å². The Morgan fingerprint density at radius 1 is 0.750 bits per heavy atom. The maximum absolute atomic E-state index is 11.7. The first-order valence-corrected chi connectivity index (χ1v) is 8.74. The molecule has 0 radical (unpaired) electrons. The lowest BCUT2D eigenvalue weighted by atomic mass is 9.94. The third-order valence-corrected chi connectivity index (χ3v) is 5.31. The predicted molar refractivity (Wildman–Crippen MR) is 81.6 cm³/mol. The first-order chi connectivity index (χ1) is 9.68. The molecule has 114 valence electrons. The number of hydrogen-bond donors (Lipinski definition) is 0. The van der Waals surface area contributed by atoms with Gasteiger partial charge in [0.15, 0.2) is 11.6 Å². The van der Waals surface area contributed by atoms with E-state index in [-0.39, 0.29) is 11.6 Å². The van der Waals surface area contributed by atoms with Gasteiger partial charge in [-0.15, -0.1) is 0 Å². The maximum atomic E-state index is 11.7. The van der Waals surface area contributed by atoms with E-state index in [1.54, 1.807) is 0 Å². The minimum atomic E-state index is -0.113. The second-order valence-corrected chi connectivity index (χ2v) is 7.04. The van der Waals surface area contributed by atoms with Crippen LogP contribution in [0, 0.1) is 17.8 Å². The molecule has 0 amide bonds. The van der Waals surface area contributed by atoms with Gasteiger partial charge in [-0.05, 0) is 43.4 Å². The van der Waals surface area contributed by atoms with Crippen LogP contribution < -0.4 is 0 Å². The second-order valence-electron chi connectivity index (χ2n) is 7.04. The van der Waals surface area contributed by atoms with Crippen molar-refractivity contribution in [2.45, 2.75) is 84.0 Å². The van der Waals surface area contributed by atoms with Gasteiger partial charge >= 0.3 is 0 Å². The average molecular weight is 278 g/mol. The van der Waals surface area contributed by atoms with Crippen LogP contribution in [0.1, 0.15) is 84.0 Å². The van der Waals surface area contributed by atoms with E-state index in [1.165, 1.54) is 38.5 Å². The molecule has 0 aromatic heterocycles. The molecule has 0 heterocycles. The molecule has 2 aliphatic rings. The van der Waals surface area contributed by atoms with E-state index in [9.17, 15) is 9.59 Å². The lowest BCUT2D eigenvalue weighted by Crippen LogP contribution is -2.13. The van der Waals surface area contributed by atoms with Crippen molar-refractivity contribution in [3.05, 3.63) is 0 Å². The van der Waals surface area contributed by atoms with Gasteiger partial charge in [-0.1, -0.05) is 45.4 Å². The molecule has 2 saturated carbocycles. The molecule has 0 aromatic carbocycles. The maximum Gasteiger partial charge on any atom is 0.198 e. The number of Topliss-reactive ketones (excluding diaryl/α,β-unsaturated/α-hetero) is 2. The first-order valence-electron chi connectivity index (χ1n) is 8.74. The quantitative estimate of drug-likeness (QED) is 0.602. The molecule has 0 N–H and O–H groups in total. The molecule has 0 bridgehead atoms. The molecule has 20 heavy (non-hydrogen) atoms. The van der Waals surface area contributed by atoms with Gasteiger partial charge in [-0.2, -0.15) is 0 Å². The van der Waals surface area contributed by atoms with E-state index in [2.05, 4.69) is 6.92 Å². The Bertz CT molecular complexity index is 334. The van der Waals surface area contributed by atoms with Crippen LogP contribution in [0.25, 0.3) is 0 Å². The van der Waals surface area contributed by atoms with E-state index >= 15 is 0 Å². The summed E-state index contributed by atoms with van der Waals surface area (Å²) >= 11 is 0. The van der Waals surface area contributed by atoms with Gasteiger partial charge in [0.05, 0.1) is 0 Å². The SMILES string of the molecule is CC1CCCCCCCCC(=O)C(=O)CCCC2CC12. The highest BCUT2D eigenvalue weighted by Gasteiger charge is 2.39. The monoisotopic (exact) mass is 278 g/mol. The fraction of sp³-hybridized carbons (Fsp3) is 0.889. The van der Waals surface area contributed by atoms with Crippen molar-refractivity contribution in [3.63, 3.8) is 0 Å². The summed E-state index contributed by atoms with van der Waals surface area (Å²) < 4.78 is 0. The summed E-state index contributed by atoms with van der Waals surface area (Å²) in [5, 5.41) is 0. The van der Waals surface area contributed by atoms with Crippen LogP contribution in [0.3, 0.4) is 0 Å². The fourth-order valence-corrected chi connectivity index (χ4v) is 3.78. The number of fused-ring (bicyclic) bond motifs is 1. The second kappa shape index (κ2) is 7.95. The van der Waals surface area contributed by atoms with Crippen molar-refractivity contribution in [1.29, 1.82) is 0 Å². The molecular weight excluding hydrogens is 248 g/mol. The number of ketones is 2.